The molecule has 0 radical (unpaired) electrons. The highest BCUT2D eigenvalue weighted by molar-refractivity contribution is 7.14. The van der Waals surface area contributed by atoms with Gasteiger partial charge >= 0.3 is 6.09 Å². The quantitative estimate of drug-likeness (QED) is 0.660. The number of carbonyl (C=O) groups is 1. The molecule has 0 bridgehead atoms. The van der Waals surface area contributed by atoms with Crippen LogP contribution in [0.4, 0.5) is 4.79 Å². The number of likely N-dealkylation sites (tertiary alicyclic amines) is 1. The second-order valence-electron chi connectivity index (χ2n) is 6.68. The lowest BCUT2D eigenvalue weighted by atomic mass is 10.1. The van der Waals surface area contributed by atoms with E-state index in [2.05, 4.69) is 16.3 Å². The highest BCUT2D eigenvalue weighted by Crippen LogP contribution is 2.33. The minimum atomic E-state index is -0.431. The summed E-state index contributed by atoms with van der Waals surface area (Å²) in [6.07, 6.45) is 4.18. The van der Waals surface area contributed by atoms with E-state index in [9.17, 15) is 4.79 Å². The van der Waals surface area contributed by atoms with Crippen molar-refractivity contribution >= 4 is 17.4 Å². The van der Waals surface area contributed by atoms with Crippen LogP contribution in [0.15, 0.2) is 6.07 Å². The Bertz CT molecular complexity index is 575. The molecule has 7 nitrogen and oxygen atoms in total. The van der Waals surface area contributed by atoms with Gasteiger partial charge in [0.15, 0.2) is 5.06 Å². The number of thiophene rings is 1. The number of carbonyl (C=O) groups excluding carboxylic acids is 1. The first kappa shape index (κ1) is 19.4. The zero-order chi connectivity index (χ0) is 18.2. The molecule has 0 saturated carbocycles. The Hall–Kier alpha value is -1.35. The third kappa shape index (κ3) is 5.84. The van der Waals surface area contributed by atoms with E-state index in [1.165, 1.54) is 36.4 Å². The van der Waals surface area contributed by atoms with Gasteiger partial charge in [0.2, 0.25) is 0 Å². The van der Waals surface area contributed by atoms with Gasteiger partial charge in [0.1, 0.15) is 0 Å². The third-order valence-electron chi connectivity index (χ3n) is 4.66. The molecule has 0 unspecified atom stereocenters. The molecule has 2 aliphatic rings. The van der Waals surface area contributed by atoms with E-state index in [0.717, 1.165) is 31.1 Å². The van der Waals surface area contributed by atoms with Gasteiger partial charge in [-0.05, 0) is 50.4 Å². The van der Waals surface area contributed by atoms with Crippen LogP contribution in [0.5, 0.6) is 5.06 Å². The molecule has 1 saturated heterocycles. The summed E-state index contributed by atoms with van der Waals surface area (Å²) in [5.74, 6) is 0. The molecule has 1 fully saturated rings. The molecule has 0 aliphatic carbocycles. The van der Waals surface area contributed by atoms with Gasteiger partial charge in [0, 0.05) is 31.6 Å². The molecule has 2 aliphatic heterocycles. The van der Waals surface area contributed by atoms with E-state index in [1.54, 1.807) is 23.5 Å². The lowest BCUT2D eigenvalue weighted by Gasteiger charge is -2.24. The third-order valence-corrected chi connectivity index (χ3v) is 5.81. The van der Waals surface area contributed by atoms with E-state index in [4.69, 9.17) is 14.3 Å². The first-order valence-corrected chi connectivity index (χ1v) is 10.2. The Kier molecular flexibility index (Phi) is 7.55. The standard InChI is InChI=1S/C18H29N3O4S/c1-23-12-6-19-18(22)25-21-10-5-16-15(14-21)13-17(26-16)24-11-4-9-20-7-2-3-8-20/h13H,2-12,14H2,1H3,(H,19,22). The van der Waals surface area contributed by atoms with Crippen molar-refractivity contribution in [2.45, 2.75) is 32.2 Å². The summed E-state index contributed by atoms with van der Waals surface area (Å²) < 4.78 is 10.8. The van der Waals surface area contributed by atoms with Gasteiger partial charge in [-0.3, -0.25) is 0 Å². The van der Waals surface area contributed by atoms with Gasteiger partial charge < -0.3 is 24.5 Å². The minimum absolute atomic E-state index is 0.431. The van der Waals surface area contributed by atoms with Crippen molar-refractivity contribution < 1.29 is 19.1 Å². The van der Waals surface area contributed by atoms with Crippen molar-refractivity contribution in [1.29, 1.82) is 0 Å². The largest absolute Gasteiger partial charge is 0.484 e. The topological polar surface area (TPSA) is 63.3 Å². The number of rotatable bonds is 9. The molecule has 8 heteroatoms. The van der Waals surface area contributed by atoms with Crippen molar-refractivity contribution in [1.82, 2.24) is 15.3 Å². The molecule has 1 amide bonds. The molecule has 146 valence electrons. The van der Waals surface area contributed by atoms with Crippen molar-refractivity contribution in [3.05, 3.63) is 16.5 Å². The number of fused-ring (bicyclic) bond motifs is 1. The van der Waals surface area contributed by atoms with E-state index in [0.29, 0.717) is 26.2 Å². The Morgan fingerprint density at radius 2 is 2.12 bits per heavy atom. The molecule has 3 heterocycles. The van der Waals surface area contributed by atoms with Crippen LogP contribution in [0.2, 0.25) is 0 Å². The summed E-state index contributed by atoms with van der Waals surface area (Å²) in [6.45, 7) is 6.61. The maximum absolute atomic E-state index is 11.7. The fourth-order valence-electron chi connectivity index (χ4n) is 3.30. The summed E-state index contributed by atoms with van der Waals surface area (Å²) in [4.78, 5) is 20.9. The fraction of sp³-hybridized carbons (Fsp3) is 0.722. The lowest BCUT2D eigenvalue weighted by molar-refractivity contribution is -0.110. The SMILES string of the molecule is COCCNC(=O)ON1CCc2sc(OCCCN3CCCC3)cc2C1. The second kappa shape index (κ2) is 10.1. The maximum Gasteiger partial charge on any atom is 0.426 e. The van der Waals surface area contributed by atoms with E-state index in [-0.39, 0.29) is 0 Å². The molecule has 0 spiro atoms. The normalized spacial score (nSPS) is 17.9. The average Bonchev–Trinajstić information content (AvgIpc) is 3.28. The summed E-state index contributed by atoms with van der Waals surface area (Å²) in [5, 5.41) is 5.34. The molecular weight excluding hydrogens is 354 g/mol. The van der Waals surface area contributed by atoms with Crippen LogP contribution in [-0.2, 0) is 22.5 Å². The van der Waals surface area contributed by atoms with Crippen molar-refractivity contribution in [2.24, 2.45) is 0 Å². The number of hydrogen-bond acceptors (Lipinski definition) is 7. The Balaban J connectivity index is 1.38. The monoisotopic (exact) mass is 383 g/mol. The molecule has 0 atom stereocenters. The maximum atomic E-state index is 11.7. The molecule has 1 aromatic heterocycles. The summed E-state index contributed by atoms with van der Waals surface area (Å²) >= 11 is 1.72. The van der Waals surface area contributed by atoms with Crippen LogP contribution in [0.25, 0.3) is 0 Å². The molecule has 0 aromatic carbocycles. The number of amides is 1. The van der Waals surface area contributed by atoms with Crippen LogP contribution in [-0.4, -0.2) is 69.1 Å². The highest BCUT2D eigenvalue weighted by Gasteiger charge is 2.22. The minimum Gasteiger partial charge on any atom is -0.484 e. The van der Waals surface area contributed by atoms with Crippen molar-refractivity contribution in [3.8, 4) is 5.06 Å². The Morgan fingerprint density at radius 1 is 1.27 bits per heavy atom. The molecule has 1 N–H and O–H groups in total. The van der Waals surface area contributed by atoms with Gasteiger partial charge in [0.25, 0.3) is 0 Å². The first-order valence-electron chi connectivity index (χ1n) is 9.41. The van der Waals surface area contributed by atoms with Crippen LogP contribution < -0.4 is 10.1 Å². The highest BCUT2D eigenvalue weighted by atomic mass is 32.1. The smallest absolute Gasteiger partial charge is 0.426 e. The van der Waals surface area contributed by atoms with E-state index in [1.807, 2.05) is 0 Å². The molecule has 3 rings (SSSR count). The number of nitrogens with zero attached hydrogens (tertiary/aromatic N) is 2. The zero-order valence-corrected chi connectivity index (χ0v) is 16.3. The van der Waals surface area contributed by atoms with Crippen LogP contribution in [0.1, 0.15) is 29.7 Å². The molecular formula is C18H29N3O4S. The average molecular weight is 384 g/mol. The number of hydroxylamine groups is 2. The van der Waals surface area contributed by atoms with Gasteiger partial charge in [-0.15, -0.1) is 16.4 Å². The Morgan fingerprint density at radius 3 is 2.92 bits per heavy atom. The fourth-order valence-corrected chi connectivity index (χ4v) is 4.33. The van der Waals surface area contributed by atoms with Gasteiger partial charge in [-0.2, -0.15) is 0 Å². The van der Waals surface area contributed by atoms with Crippen molar-refractivity contribution in [3.63, 3.8) is 0 Å². The van der Waals surface area contributed by atoms with E-state index >= 15 is 0 Å². The number of ether oxygens (including phenoxy) is 2. The van der Waals surface area contributed by atoms with Crippen LogP contribution in [0.3, 0.4) is 0 Å². The van der Waals surface area contributed by atoms with Gasteiger partial charge in [-0.1, -0.05) is 0 Å². The summed E-state index contributed by atoms with van der Waals surface area (Å²) in [7, 11) is 1.60. The van der Waals surface area contributed by atoms with Gasteiger partial charge in [-0.25, -0.2) is 4.79 Å². The first-order chi connectivity index (χ1) is 12.7. The summed E-state index contributed by atoms with van der Waals surface area (Å²) in [5.41, 5.74) is 1.19. The molecule has 26 heavy (non-hydrogen) atoms. The van der Waals surface area contributed by atoms with Gasteiger partial charge in [0.05, 0.1) is 19.8 Å². The second-order valence-corrected chi connectivity index (χ2v) is 7.78. The lowest BCUT2D eigenvalue weighted by Crippen LogP contribution is -2.37. The predicted octanol–water partition coefficient (Wildman–Crippen LogP) is 2.26. The predicted molar refractivity (Wildman–Crippen MR) is 101 cm³/mol. The van der Waals surface area contributed by atoms with Crippen LogP contribution >= 0.6 is 11.3 Å². The number of nitrogens with one attached hydrogen (secondary N) is 1. The number of hydrogen-bond donors (Lipinski definition) is 1. The van der Waals surface area contributed by atoms with E-state index < -0.39 is 6.09 Å². The molecule has 1 aromatic rings. The summed E-state index contributed by atoms with van der Waals surface area (Å²) in [6, 6.07) is 2.09. The van der Waals surface area contributed by atoms with Crippen molar-refractivity contribution in [2.75, 3.05) is 53.0 Å². The zero-order valence-electron chi connectivity index (χ0n) is 15.5. The number of methoxy groups -OCH3 is 1. The van der Waals surface area contributed by atoms with Crippen LogP contribution in [0, 0.1) is 0 Å². The Labute approximate surface area is 159 Å².